The summed E-state index contributed by atoms with van der Waals surface area (Å²) in [6.07, 6.45) is 5.69. The standard InChI is InChI=1S/C20H29NO2/c1-5-20(2,3)17-8-11-19(22)16(12-17)14-21-13-15-6-9-18(23-4)10-7-15/h6-7,9-10,14,17,21H,5,8,11-13H2,1-4H3/b16-14+/t17-/m0/s1. The summed E-state index contributed by atoms with van der Waals surface area (Å²) in [7, 11) is 1.67. The topological polar surface area (TPSA) is 38.3 Å². The molecule has 1 saturated carbocycles. The molecule has 126 valence electrons. The molecule has 0 aromatic heterocycles. The fourth-order valence-corrected chi connectivity index (χ4v) is 3.08. The van der Waals surface area contributed by atoms with Gasteiger partial charge in [-0.05, 0) is 41.9 Å². The zero-order valence-corrected chi connectivity index (χ0v) is 14.8. The van der Waals surface area contributed by atoms with Gasteiger partial charge < -0.3 is 10.1 Å². The highest BCUT2D eigenvalue weighted by molar-refractivity contribution is 5.96. The number of benzene rings is 1. The van der Waals surface area contributed by atoms with E-state index in [0.29, 0.717) is 23.5 Å². The molecule has 1 aromatic rings. The van der Waals surface area contributed by atoms with E-state index in [9.17, 15) is 4.79 Å². The Balaban J connectivity index is 1.95. The van der Waals surface area contributed by atoms with Gasteiger partial charge in [0.2, 0.25) is 0 Å². The molecule has 2 rings (SSSR count). The number of carbonyl (C=O) groups is 1. The molecule has 0 radical (unpaired) electrons. The Morgan fingerprint density at radius 2 is 2.00 bits per heavy atom. The number of ketones is 1. The molecular weight excluding hydrogens is 286 g/mol. The van der Waals surface area contributed by atoms with E-state index in [1.807, 2.05) is 30.5 Å². The Hall–Kier alpha value is -1.77. The van der Waals surface area contributed by atoms with Crippen LogP contribution in [0.25, 0.3) is 0 Å². The van der Waals surface area contributed by atoms with Crippen LogP contribution < -0.4 is 10.1 Å². The smallest absolute Gasteiger partial charge is 0.160 e. The van der Waals surface area contributed by atoms with Gasteiger partial charge in [0.25, 0.3) is 0 Å². The molecule has 0 aliphatic heterocycles. The fourth-order valence-electron chi connectivity index (χ4n) is 3.08. The van der Waals surface area contributed by atoms with Crippen LogP contribution in [0.1, 0.15) is 52.0 Å². The van der Waals surface area contributed by atoms with Crippen LogP contribution >= 0.6 is 0 Å². The van der Waals surface area contributed by atoms with E-state index in [1.54, 1.807) is 7.11 Å². The van der Waals surface area contributed by atoms with Gasteiger partial charge in [0.1, 0.15) is 5.75 Å². The third-order valence-electron chi connectivity index (χ3n) is 5.30. The average Bonchev–Trinajstić information content (AvgIpc) is 2.57. The van der Waals surface area contributed by atoms with E-state index in [2.05, 4.69) is 26.1 Å². The highest BCUT2D eigenvalue weighted by Gasteiger charge is 2.33. The van der Waals surface area contributed by atoms with Crippen molar-refractivity contribution in [2.75, 3.05) is 7.11 Å². The molecule has 23 heavy (non-hydrogen) atoms. The van der Waals surface area contributed by atoms with Gasteiger partial charge in [-0.3, -0.25) is 4.79 Å². The third-order valence-corrected chi connectivity index (χ3v) is 5.30. The van der Waals surface area contributed by atoms with Gasteiger partial charge in [-0.25, -0.2) is 0 Å². The first kappa shape index (κ1) is 17.6. The summed E-state index contributed by atoms with van der Waals surface area (Å²) < 4.78 is 5.16. The van der Waals surface area contributed by atoms with Gasteiger partial charge >= 0.3 is 0 Å². The molecule has 1 atom stereocenters. The van der Waals surface area contributed by atoms with Crippen LogP contribution in [0.2, 0.25) is 0 Å². The van der Waals surface area contributed by atoms with Crippen molar-refractivity contribution in [1.82, 2.24) is 5.32 Å². The molecule has 0 bridgehead atoms. The molecule has 0 saturated heterocycles. The van der Waals surface area contributed by atoms with Crippen molar-refractivity contribution in [3.63, 3.8) is 0 Å². The number of hydrogen-bond donors (Lipinski definition) is 1. The first-order valence-electron chi connectivity index (χ1n) is 8.55. The minimum atomic E-state index is 0.301. The van der Waals surface area contributed by atoms with Crippen LogP contribution in [0.3, 0.4) is 0 Å². The van der Waals surface area contributed by atoms with Crippen molar-refractivity contribution in [2.45, 2.75) is 53.0 Å². The van der Waals surface area contributed by atoms with E-state index >= 15 is 0 Å². The number of carbonyl (C=O) groups excluding carboxylic acids is 1. The van der Waals surface area contributed by atoms with Crippen molar-refractivity contribution in [3.05, 3.63) is 41.6 Å². The molecule has 0 spiro atoms. The van der Waals surface area contributed by atoms with Gasteiger partial charge in [-0.15, -0.1) is 0 Å². The maximum Gasteiger partial charge on any atom is 0.160 e. The van der Waals surface area contributed by atoms with E-state index < -0.39 is 0 Å². The van der Waals surface area contributed by atoms with Crippen molar-refractivity contribution in [3.8, 4) is 5.75 Å². The van der Waals surface area contributed by atoms with E-state index in [-0.39, 0.29) is 0 Å². The maximum absolute atomic E-state index is 12.2. The predicted octanol–water partition coefficient (Wildman–Crippen LogP) is 4.47. The number of ether oxygens (including phenoxy) is 1. The zero-order chi connectivity index (χ0) is 16.9. The first-order chi connectivity index (χ1) is 11.0. The molecule has 0 unspecified atom stereocenters. The molecule has 1 aliphatic rings. The van der Waals surface area contributed by atoms with Gasteiger partial charge in [-0.2, -0.15) is 0 Å². The second-order valence-corrected chi connectivity index (χ2v) is 7.10. The molecule has 3 nitrogen and oxygen atoms in total. The van der Waals surface area contributed by atoms with E-state index in [4.69, 9.17) is 4.74 Å². The van der Waals surface area contributed by atoms with Crippen LogP contribution in [0.4, 0.5) is 0 Å². The van der Waals surface area contributed by atoms with Crippen molar-refractivity contribution in [1.29, 1.82) is 0 Å². The third kappa shape index (κ3) is 4.60. The summed E-state index contributed by atoms with van der Waals surface area (Å²) in [5.74, 6) is 1.76. The molecule has 1 aromatic carbocycles. The summed E-state index contributed by atoms with van der Waals surface area (Å²) in [6, 6.07) is 7.98. The molecule has 1 fully saturated rings. The van der Waals surface area contributed by atoms with Crippen LogP contribution in [0, 0.1) is 11.3 Å². The molecular formula is C20H29NO2. The second kappa shape index (κ2) is 7.67. The largest absolute Gasteiger partial charge is 0.497 e. The van der Waals surface area contributed by atoms with Crippen molar-refractivity contribution >= 4 is 5.78 Å². The van der Waals surface area contributed by atoms with Gasteiger partial charge in [0.05, 0.1) is 7.11 Å². The Morgan fingerprint density at radius 3 is 2.61 bits per heavy atom. The number of methoxy groups -OCH3 is 1. The number of hydrogen-bond acceptors (Lipinski definition) is 3. The number of nitrogens with one attached hydrogen (secondary N) is 1. The molecule has 0 amide bonds. The Bertz CT molecular complexity index is 558. The van der Waals surface area contributed by atoms with Gasteiger partial charge in [-0.1, -0.05) is 39.3 Å². The van der Waals surface area contributed by atoms with Crippen molar-refractivity contribution < 1.29 is 9.53 Å². The highest BCUT2D eigenvalue weighted by Crippen LogP contribution is 2.41. The summed E-state index contributed by atoms with van der Waals surface area (Å²) in [5, 5.41) is 3.31. The molecule has 1 N–H and O–H groups in total. The lowest BCUT2D eigenvalue weighted by atomic mass is 9.68. The number of allylic oxidation sites excluding steroid dienone is 1. The lowest BCUT2D eigenvalue weighted by Crippen LogP contribution is -2.30. The van der Waals surface area contributed by atoms with Crippen molar-refractivity contribution in [2.24, 2.45) is 11.3 Å². The summed E-state index contributed by atoms with van der Waals surface area (Å²) in [4.78, 5) is 12.2. The van der Waals surface area contributed by atoms with E-state index in [0.717, 1.165) is 37.1 Å². The lowest BCUT2D eigenvalue weighted by Gasteiger charge is -2.36. The normalized spacial score (nSPS) is 20.6. The SMILES string of the molecule is CCC(C)(C)[C@H]1CCC(=O)/C(=C/NCc2ccc(OC)cc2)C1. The zero-order valence-electron chi connectivity index (χ0n) is 14.8. The summed E-state index contributed by atoms with van der Waals surface area (Å²) >= 11 is 0. The fraction of sp³-hybridized carbons (Fsp3) is 0.550. The molecule has 3 heteroatoms. The lowest BCUT2D eigenvalue weighted by molar-refractivity contribution is -0.117. The van der Waals surface area contributed by atoms with Crippen LogP contribution in [-0.4, -0.2) is 12.9 Å². The predicted molar refractivity (Wildman–Crippen MR) is 94.3 cm³/mol. The monoisotopic (exact) mass is 315 g/mol. The Kier molecular flexibility index (Phi) is 5.86. The van der Waals surface area contributed by atoms with Crippen LogP contribution in [0.15, 0.2) is 36.0 Å². The van der Waals surface area contributed by atoms with E-state index in [1.165, 1.54) is 5.56 Å². The minimum absolute atomic E-state index is 0.301. The number of Topliss-reactive ketones (excluding diaryl/α,β-unsaturated/α-hetero) is 1. The minimum Gasteiger partial charge on any atom is -0.497 e. The summed E-state index contributed by atoms with van der Waals surface area (Å²) in [5.41, 5.74) is 2.43. The average molecular weight is 315 g/mol. The second-order valence-electron chi connectivity index (χ2n) is 7.10. The number of rotatable bonds is 6. The highest BCUT2D eigenvalue weighted by atomic mass is 16.5. The van der Waals surface area contributed by atoms with Crippen LogP contribution in [0.5, 0.6) is 5.75 Å². The maximum atomic E-state index is 12.2. The van der Waals surface area contributed by atoms with Crippen LogP contribution in [-0.2, 0) is 11.3 Å². The quantitative estimate of drug-likeness (QED) is 0.787. The Labute approximate surface area is 140 Å². The molecule has 0 heterocycles. The molecule has 1 aliphatic carbocycles. The Morgan fingerprint density at radius 1 is 1.30 bits per heavy atom. The summed E-state index contributed by atoms with van der Waals surface area (Å²) in [6.45, 7) is 7.59. The first-order valence-corrected chi connectivity index (χ1v) is 8.55. The van der Waals surface area contributed by atoms with Gasteiger partial charge in [0, 0.05) is 24.7 Å². The van der Waals surface area contributed by atoms with Gasteiger partial charge in [0.15, 0.2) is 5.78 Å².